The number of rotatable bonds is 6. The van der Waals surface area contributed by atoms with E-state index in [1.807, 2.05) is 6.07 Å². The van der Waals surface area contributed by atoms with Gasteiger partial charge in [-0.05, 0) is 25.0 Å². The first kappa shape index (κ1) is 15.3. The van der Waals surface area contributed by atoms with Crippen LogP contribution in [0, 0.1) is 11.8 Å². The van der Waals surface area contributed by atoms with Gasteiger partial charge in [0.25, 0.3) is 0 Å². The molecule has 3 nitrogen and oxygen atoms in total. The van der Waals surface area contributed by atoms with Crippen molar-refractivity contribution in [3.63, 3.8) is 0 Å². The summed E-state index contributed by atoms with van der Waals surface area (Å²) in [6, 6.07) is 8.77. The molecule has 1 aromatic rings. The second kappa shape index (κ2) is 9.18. The summed E-state index contributed by atoms with van der Waals surface area (Å²) in [7, 11) is 0. The number of carbonyl (C=O) groups excluding carboxylic acids is 1. The molecule has 102 valence electrons. The molecule has 1 N–H and O–H groups in total. The standard InChI is InChI=1S/C16H20O3/c1-2-3-5-11-15(17)12-8-13-19-16(18)14-9-6-4-7-10-14/h4,6-7,9-10,15,17H,2-3,5,11,13H2,1H3/t15-/m0/s1. The summed E-state index contributed by atoms with van der Waals surface area (Å²) in [6.07, 6.45) is 3.24. The van der Waals surface area contributed by atoms with Crippen LogP contribution in [-0.4, -0.2) is 23.8 Å². The van der Waals surface area contributed by atoms with Crippen molar-refractivity contribution in [2.75, 3.05) is 6.61 Å². The molecule has 0 unspecified atom stereocenters. The van der Waals surface area contributed by atoms with Gasteiger partial charge in [-0.2, -0.15) is 0 Å². The molecule has 0 fully saturated rings. The van der Waals surface area contributed by atoms with Crippen LogP contribution in [0.25, 0.3) is 0 Å². The van der Waals surface area contributed by atoms with Crippen LogP contribution in [-0.2, 0) is 4.74 Å². The fourth-order valence-corrected chi connectivity index (χ4v) is 1.58. The van der Waals surface area contributed by atoms with E-state index in [1.54, 1.807) is 24.3 Å². The van der Waals surface area contributed by atoms with Gasteiger partial charge in [0, 0.05) is 0 Å². The summed E-state index contributed by atoms with van der Waals surface area (Å²) >= 11 is 0. The minimum absolute atomic E-state index is 0.0125. The number of hydrogen-bond donors (Lipinski definition) is 1. The predicted octanol–water partition coefficient (Wildman–Crippen LogP) is 2.79. The Labute approximate surface area is 114 Å². The topological polar surface area (TPSA) is 46.5 Å². The van der Waals surface area contributed by atoms with E-state index >= 15 is 0 Å². The molecule has 0 heterocycles. The first-order valence-electron chi connectivity index (χ1n) is 6.62. The van der Waals surface area contributed by atoms with Crippen LogP contribution in [0.5, 0.6) is 0 Å². The number of aliphatic hydroxyl groups excluding tert-OH is 1. The average molecular weight is 260 g/mol. The normalized spacial score (nSPS) is 11.3. The van der Waals surface area contributed by atoms with Gasteiger partial charge < -0.3 is 9.84 Å². The van der Waals surface area contributed by atoms with Gasteiger partial charge in [-0.3, -0.25) is 0 Å². The number of benzene rings is 1. The number of ether oxygens (including phenoxy) is 1. The number of esters is 1. The summed E-state index contributed by atoms with van der Waals surface area (Å²) < 4.78 is 4.98. The van der Waals surface area contributed by atoms with Crippen LogP contribution in [0.1, 0.15) is 43.0 Å². The second-order valence-corrected chi connectivity index (χ2v) is 4.27. The first-order valence-corrected chi connectivity index (χ1v) is 6.62. The molecule has 1 rings (SSSR count). The Balaban J connectivity index is 2.25. The summed E-state index contributed by atoms with van der Waals surface area (Å²) in [5.74, 6) is 4.95. The Hall–Kier alpha value is -1.79. The SMILES string of the molecule is CCCCC[C@H](O)C#CCOC(=O)c1ccccc1. The van der Waals surface area contributed by atoms with Crippen molar-refractivity contribution in [2.45, 2.75) is 38.7 Å². The van der Waals surface area contributed by atoms with Gasteiger partial charge in [-0.25, -0.2) is 4.79 Å². The van der Waals surface area contributed by atoms with E-state index in [2.05, 4.69) is 18.8 Å². The zero-order chi connectivity index (χ0) is 13.9. The smallest absolute Gasteiger partial charge is 0.339 e. The number of carbonyl (C=O) groups is 1. The maximum absolute atomic E-state index is 11.5. The molecule has 1 atom stereocenters. The van der Waals surface area contributed by atoms with E-state index in [4.69, 9.17) is 4.74 Å². The summed E-state index contributed by atoms with van der Waals surface area (Å²) in [5, 5.41) is 9.54. The van der Waals surface area contributed by atoms with Crippen LogP contribution in [0.15, 0.2) is 30.3 Å². The highest BCUT2D eigenvalue weighted by Gasteiger charge is 2.04. The maximum Gasteiger partial charge on any atom is 0.339 e. The molecular formula is C16H20O3. The first-order chi connectivity index (χ1) is 9.24. The van der Waals surface area contributed by atoms with Gasteiger partial charge >= 0.3 is 5.97 Å². The van der Waals surface area contributed by atoms with Crippen LogP contribution in [0.2, 0.25) is 0 Å². The van der Waals surface area contributed by atoms with E-state index in [1.165, 1.54) is 0 Å². The molecule has 0 spiro atoms. The lowest BCUT2D eigenvalue weighted by Gasteiger charge is -2.02. The Morgan fingerprint density at radius 1 is 1.32 bits per heavy atom. The van der Waals surface area contributed by atoms with Crippen molar-refractivity contribution in [2.24, 2.45) is 0 Å². The molecule has 0 saturated heterocycles. The largest absolute Gasteiger partial charge is 0.449 e. The third-order valence-corrected chi connectivity index (χ3v) is 2.63. The quantitative estimate of drug-likeness (QED) is 0.486. The van der Waals surface area contributed by atoms with Crippen LogP contribution < -0.4 is 0 Å². The molecule has 0 saturated carbocycles. The summed E-state index contributed by atoms with van der Waals surface area (Å²) in [6.45, 7) is 2.12. The van der Waals surface area contributed by atoms with Gasteiger partial charge in [-0.15, -0.1) is 0 Å². The van der Waals surface area contributed by atoms with E-state index in [-0.39, 0.29) is 6.61 Å². The Bertz CT molecular complexity index is 428. The van der Waals surface area contributed by atoms with Gasteiger partial charge in [0.2, 0.25) is 0 Å². The second-order valence-electron chi connectivity index (χ2n) is 4.27. The lowest BCUT2D eigenvalue weighted by Crippen LogP contribution is -2.06. The van der Waals surface area contributed by atoms with Gasteiger partial charge in [-0.1, -0.05) is 49.8 Å². The molecule has 3 heteroatoms. The summed E-state index contributed by atoms with van der Waals surface area (Å²) in [4.78, 5) is 11.5. The number of aliphatic hydroxyl groups is 1. The minimum Gasteiger partial charge on any atom is -0.449 e. The highest BCUT2D eigenvalue weighted by atomic mass is 16.5. The van der Waals surface area contributed by atoms with Crippen molar-refractivity contribution >= 4 is 5.97 Å². The third kappa shape index (κ3) is 6.64. The van der Waals surface area contributed by atoms with Crippen molar-refractivity contribution < 1.29 is 14.6 Å². The number of hydrogen-bond acceptors (Lipinski definition) is 3. The van der Waals surface area contributed by atoms with Crippen LogP contribution >= 0.6 is 0 Å². The molecule has 0 aliphatic carbocycles. The van der Waals surface area contributed by atoms with E-state index in [0.29, 0.717) is 12.0 Å². The van der Waals surface area contributed by atoms with E-state index in [9.17, 15) is 9.90 Å². The average Bonchev–Trinajstić information content (AvgIpc) is 2.44. The number of unbranched alkanes of at least 4 members (excludes halogenated alkanes) is 2. The molecular weight excluding hydrogens is 240 g/mol. The van der Waals surface area contributed by atoms with Crippen molar-refractivity contribution in [3.8, 4) is 11.8 Å². The monoisotopic (exact) mass is 260 g/mol. The molecule has 19 heavy (non-hydrogen) atoms. The van der Waals surface area contributed by atoms with Crippen molar-refractivity contribution in [3.05, 3.63) is 35.9 Å². The Morgan fingerprint density at radius 3 is 2.74 bits per heavy atom. The van der Waals surface area contributed by atoms with Gasteiger partial charge in [0.1, 0.15) is 6.10 Å². The van der Waals surface area contributed by atoms with E-state index < -0.39 is 12.1 Å². The zero-order valence-corrected chi connectivity index (χ0v) is 11.3. The van der Waals surface area contributed by atoms with Crippen molar-refractivity contribution in [1.29, 1.82) is 0 Å². The third-order valence-electron chi connectivity index (χ3n) is 2.63. The highest BCUT2D eigenvalue weighted by molar-refractivity contribution is 5.89. The molecule has 0 bridgehead atoms. The molecule has 0 radical (unpaired) electrons. The lowest BCUT2D eigenvalue weighted by molar-refractivity contribution is 0.0556. The highest BCUT2D eigenvalue weighted by Crippen LogP contribution is 2.02. The Kier molecular flexibility index (Phi) is 7.38. The van der Waals surface area contributed by atoms with Gasteiger partial charge in [0.15, 0.2) is 6.61 Å². The fourth-order valence-electron chi connectivity index (χ4n) is 1.58. The lowest BCUT2D eigenvalue weighted by atomic mass is 10.1. The fraction of sp³-hybridized carbons (Fsp3) is 0.438. The van der Waals surface area contributed by atoms with Crippen LogP contribution in [0.4, 0.5) is 0 Å². The summed E-state index contributed by atoms with van der Waals surface area (Å²) in [5.41, 5.74) is 0.507. The van der Waals surface area contributed by atoms with Crippen molar-refractivity contribution in [1.82, 2.24) is 0 Å². The molecule has 0 aliphatic rings. The molecule has 0 aliphatic heterocycles. The van der Waals surface area contributed by atoms with Crippen LogP contribution in [0.3, 0.4) is 0 Å². The van der Waals surface area contributed by atoms with Gasteiger partial charge in [0.05, 0.1) is 5.56 Å². The maximum atomic E-state index is 11.5. The zero-order valence-electron chi connectivity index (χ0n) is 11.3. The molecule has 0 amide bonds. The minimum atomic E-state index is -0.623. The van der Waals surface area contributed by atoms with E-state index in [0.717, 1.165) is 19.3 Å². The molecule has 1 aromatic carbocycles. The Morgan fingerprint density at radius 2 is 2.05 bits per heavy atom. The molecule has 0 aromatic heterocycles. The predicted molar refractivity (Wildman–Crippen MR) is 74.6 cm³/mol.